The summed E-state index contributed by atoms with van der Waals surface area (Å²) in [7, 11) is 0. The summed E-state index contributed by atoms with van der Waals surface area (Å²) in [5.41, 5.74) is 14.8. The number of anilines is 3. The van der Waals surface area contributed by atoms with Gasteiger partial charge in [-0.15, -0.1) is 0 Å². The molecule has 0 unspecified atom stereocenters. The lowest BCUT2D eigenvalue weighted by Crippen LogP contribution is -2.16. The fourth-order valence-electron chi connectivity index (χ4n) is 8.48. The van der Waals surface area contributed by atoms with Crippen molar-refractivity contribution >= 4 is 49.6 Å². The molecule has 0 fully saturated rings. The predicted molar refractivity (Wildman–Crippen MR) is 216 cm³/mol. The van der Waals surface area contributed by atoms with Crippen LogP contribution in [0.2, 0.25) is 0 Å². The first-order chi connectivity index (χ1) is 25.1. The third kappa shape index (κ3) is 4.57. The molecule has 0 N–H and O–H groups in total. The summed E-state index contributed by atoms with van der Waals surface area (Å²) in [6.45, 7) is 4.69. The Labute approximate surface area is 298 Å². The van der Waals surface area contributed by atoms with Gasteiger partial charge in [0, 0.05) is 38.9 Å². The Morgan fingerprint density at radius 2 is 1.06 bits per heavy atom. The maximum atomic E-state index is 2.40. The second-order valence-corrected chi connectivity index (χ2v) is 14.2. The van der Waals surface area contributed by atoms with Crippen molar-refractivity contribution in [1.82, 2.24) is 4.57 Å². The first kappa shape index (κ1) is 29.5. The quantitative estimate of drug-likeness (QED) is 0.180. The van der Waals surface area contributed by atoms with Gasteiger partial charge in [-0.3, -0.25) is 0 Å². The lowest BCUT2D eigenvalue weighted by atomic mass is 9.82. The van der Waals surface area contributed by atoms with E-state index >= 15 is 0 Å². The molecule has 1 aliphatic carbocycles. The fourth-order valence-corrected chi connectivity index (χ4v) is 8.48. The van der Waals surface area contributed by atoms with E-state index in [0.29, 0.717) is 0 Å². The van der Waals surface area contributed by atoms with Crippen molar-refractivity contribution in [1.29, 1.82) is 0 Å². The molecule has 1 aromatic heterocycles. The highest BCUT2D eigenvalue weighted by atomic mass is 15.1. The highest BCUT2D eigenvalue weighted by molar-refractivity contribution is 6.21. The van der Waals surface area contributed by atoms with Crippen molar-refractivity contribution in [2.45, 2.75) is 19.3 Å². The molecule has 0 aliphatic heterocycles. The summed E-state index contributed by atoms with van der Waals surface area (Å²) in [6.07, 6.45) is 0. The smallest absolute Gasteiger partial charge is 0.0547 e. The van der Waals surface area contributed by atoms with Gasteiger partial charge >= 0.3 is 0 Å². The SMILES string of the molecule is CC1(C)c2ccccc2-c2ccc(N(c3ccccc3)c3ccc(-c4ccc5c(c4)c4c6ccccc6ccc4n5-c4ccccc4)cc3)cc21. The second kappa shape index (κ2) is 11.3. The van der Waals surface area contributed by atoms with Gasteiger partial charge in [0.2, 0.25) is 0 Å². The van der Waals surface area contributed by atoms with Crippen molar-refractivity contribution in [3.63, 3.8) is 0 Å². The van der Waals surface area contributed by atoms with Gasteiger partial charge in [0.05, 0.1) is 11.0 Å². The van der Waals surface area contributed by atoms with E-state index in [1.807, 2.05) is 0 Å². The number of aromatic nitrogens is 1. The molecule has 0 bridgehead atoms. The number of rotatable bonds is 5. The number of fused-ring (bicyclic) bond motifs is 8. The fraction of sp³-hybridized carbons (Fsp3) is 0.0612. The van der Waals surface area contributed by atoms with Crippen LogP contribution in [0, 0.1) is 0 Å². The van der Waals surface area contributed by atoms with E-state index < -0.39 is 0 Å². The Hall–Kier alpha value is -6.38. The number of hydrogen-bond donors (Lipinski definition) is 0. The van der Waals surface area contributed by atoms with E-state index in [9.17, 15) is 0 Å². The summed E-state index contributed by atoms with van der Waals surface area (Å²) < 4.78 is 2.40. The van der Waals surface area contributed by atoms with Gasteiger partial charge in [0.1, 0.15) is 0 Å². The Bertz CT molecular complexity index is 2750. The van der Waals surface area contributed by atoms with Crippen molar-refractivity contribution in [3.05, 3.63) is 193 Å². The average Bonchev–Trinajstić information content (AvgIpc) is 3.64. The molecule has 0 saturated heterocycles. The van der Waals surface area contributed by atoms with Crippen LogP contribution < -0.4 is 4.90 Å². The summed E-state index contributed by atoms with van der Waals surface area (Å²) in [4.78, 5) is 2.38. The van der Waals surface area contributed by atoms with Crippen LogP contribution in [0.4, 0.5) is 17.1 Å². The molecular weight excluding hydrogens is 617 g/mol. The second-order valence-electron chi connectivity index (χ2n) is 14.2. The van der Waals surface area contributed by atoms with Crippen LogP contribution in [0.25, 0.3) is 60.5 Å². The Balaban J connectivity index is 1.10. The first-order valence-corrected chi connectivity index (χ1v) is 17.8. The zero-order valence-corrected chi connectivity index (χ0v) is 28.7. The van der Waals surface area contributed by atoms with Crippen molar-refractivity contribution in [3.8, 4) is 27.9 Å². The van der Waals surface area contributed by atoms with Crippen LogP contribution in [-0.4, -0.2) is 4.57 Å². The molecule has 0 saturated carbocycles. The molecule has 2 heteroatoms. The third-order valence-corrected chi connectivity index (χ3v) is 11.0. The van der Waals surface area contributed by atoms with Gasteiger partial charge in [-0.1, -0.05) is 129 Å². The molecule has 1 heterocycles. The van der Waals surface area contributed by atoms with E-state index in [0.717, 1.165) is 17.1 Å². The van der Waals surface area contributed by atoms with Gasteiger partial charge in [-0.2, -0.15) is 0 Å². The molecule has 1 aliphatic rings. The number of benzene rings is 8. The van der Waals surface area contributed by atoms with Crippen LogP contribution >= 0.6 is 0 Å². The molecule has 9 aromatic rings. The third-order valence-electron chi connectivity index (χ3n) is 11.0. The molecule has 10 rings (SSSR count). The first-order valence-electron chi connectivity index (χ1n) is 17.8. The minimum absolute atomic E-state index is 0.0677. The molecule has 51 heavy (non-hydrogen) atoms. The minimum Gasteiger partial charge on any atom is -0.310 e. The van der Waals surface area contributed by atoms with E-state index in [-0.39, 0.29) is 5.41 Å². The molecule has 242 valence electrons. The lowest BCUT2D eigenvalue weighted by molar-refractivity contribution is 0.660. The van der Waals surface area contributed by atoms with Crippen LogP contribution in [0.1, 0.15) is 25.0 Å². The summed E-state index contributed by atoms with van der Waals surface area (Å²) >= 11 is 0. The summed E-state index contributed by atoms with van der Waals surface area (Å²) in [5, 5.41) is 5.09. The zero-order valence-electron chi connectivity index (χ0n) is 28.7. The van der Waals surface area contributed by atoms with Gasteiger partial charge < -0.3 is 9.47 Å². The maximum absolute atomic E-state index is 2.40. The van der Waals surface area contributed by atoms with Crippen molar-refractivity contribution in [2.24, 2.45) is 0 Å². The Kier molecular flexibility index (Phi) is 6.56. The van der Waals surface area contributed by atoms with E-state index in [1.54, 1.807) is 0 Å². The van der Waals surface area contributed by atoms with Crippen LogP contribution in [0.15, 0.2) is 182 Å². The van der Waals surface area contributed by atoms with E-state index in [1.165, 1.54) is 71.6 Å². The predicted octanol–water partition coefficient (Wildman–Crippen LogP) is 13.4. The average molecular weight is 653 g/mol. The Morgan fingerprint density at radius 1 is 0.431 bits per heavy atom. The highest BCUT2D eigenvalue weighted by Crippen LogP contribution is 2.50. The van der Waals surface area contributed by atoms with Gasteiger partial charge in [0.15, 0.2) is 0 Å². The van der Waals surface area contributed by atoms with Gasteiger partial charge in [-0.25, -0.2) is 0 Å². The van der Waals surface area contributed by atoms with Gasteiger partial charge in [-0.05, 0) is 111 Å². The van der Waals surface area contributed by atoms with Gasteiger partial charge in [0.25, 0.3) is 0 Å². The van der Waals surface area contributed by atoms with Crippen LogP contribution in [0.5, 0.6) is 0 Å². The maximum Gasteiger partial charge on any atom is 0.0547 e. The van der Waals surface area contributed by atoms with E-state index in [2.05, 4.69) is 205 Å². The summed E-state index contributed by atoms with van der Waals surface area (Å²) in [6, 6.07) is 66.5. The normalized spacial score (nSPS) is 13.1. The molecule has 2 nitrogen and oxygen atoms in total. The molecular formula is C49H36N2. The standard InChI is InChI=1S/C49H36N2/c1-49(2)44-20-12-11-19-41(44)42-28-27-39(32-45(42)49)50(36-14-5-3-6-15-36)38-25-21-33(22-26-38)35-24-29-46-43(31-35)48-40-18-10-9-13-34(40)23-30-47(48)51(46)37-16-7-4-8-17-37/h3-32H,1-2H3. The van der Waals surface area contributed by atoms with Crippen molar-refractivity contribution < 1.29 is 0 Å². The monoisotopic (exact) mass is 652 g/mol. The molecule has 8 aromatic carbocycles. The molecule has 0 atom stereocenters. The van der Waals surface area contributed by atoms with Crippen molar-refractivity contribution in [2.75, 3.05) is 4.90 Å². The summed E-state index contributed by atoms with van der Waals surface area (Å²) in [5.74, 6) is 0. The topological polar surface area (TPSA) is 8.17 Å². The number of hydrogen-bond acceptors (Lipinski definition) is 1. The number of para-hydroxylation sites is 2. The minimum atomic E-state index is -0.0677. The zero-order chi connectivity index (χ0) is 34.1. The largest absolute Gasteiger partial charge is 0.310 e. The number of nitrogens with zero attached hydrogens (tertiary/aromatic N) is 2. The molecule has 0 spiro atoms. The highest BCUT2D eigenvalue weighted by Gasteiger charge is 2.35. The lowest BCUT2D eigenvalue weighted by Gasteiger charge is -2.28. The molecule has 0 amide bonds. The Morgan fingerprint density at radius 3 is 1.88 bits per heavy atom. The van der Waals surface area contributed by atoms with Crippen LogP contribution in [-0.2, 0) is 5.41 Å². The van der Waals surface area contributed by atoms with E-state index in [4.69, 9.17) is 0 Å². The van der Waals surface area contributed by atoms with Crippen LogP contribution in [0.3, 0.4) is 0 Å². The molecule has 0 radical (unpaired) electrons.